The van der Waals surface area contributed by atoms with Gasteiger partial charge in [0.2, 0.25) is 11.8 Å². The summed E-state index contributed by atoms with van der Waals surface area (Å²) in [7, 11) is 0. The van der Waals surface area contributed by atoms with Crippen molar-refractivity contribution in [3.8, 4) is 0 Å². The van der Waals surface area contributed by atoms with Crippen LogP contribution in [0.2, 0.25) is 5.02 Å². The summed E-state index contributed by atoms with van der Waals surface area (Å²) in [6.07, 6.45) is 4.51. The van der Waals surface area contributed by atoms with Gasteiger partial charge in [0, 0.05) is 10.7 Å². The fourth-order valence-electron chi connectivity index (χ4n) is 3.47. The van der Waals surface area contributed by atoms with Gasteiger partial charge in [-0.05, 0) is 36.6 Å². The number of hydrogen-bond donors (Lipinski definition) is 2. The maximum atomic E-state index is 13.0. The van der Waals surface area contributed by atoms with Crippen molar-refractivity contribution in [2.45, 2.75) is 44.1 Å². The second-order valence-electron chi connectivity index (χ2n) is 6.82. The van der Waals surface area contributed by atoms with Crippen LogP contribution in [0.5, 0.6) is 0 Å². The van der Waals surface area contributed by atoms with Crippen LogP contribution < -0.4 is 10.6 Å². The largest absolute Gasteiger partial charge is 0.341 e. The predicted molar refractivity (Wildman–Crippen MR) is 104 cm³/mol. The molecule has 0 aliphatic heterocycles. The highest BCUT2D eigenvalue weighted by atomic mass is 35.5. The minimum Gasteiger partial charge on any atom is -0.341 e. The molecule has 2 aromatic rings. The maximum Gasteiger partial charge on any atom is 0.250 e. The van der Waals surface area contributed by atoms with Gasteiger partial charge < -0.3 is 10.6 Å². The Hall–Kier alpha value is -2.33. The van der Waals surface area contributed by atoms with Crippen LogP contribution >= 0.6 is 11.6 Å². The summed E-state index contributed by atoms with van der Waals surface area (Å²) in [5.74, 6) is -0.291. The Morgan fingerprint density at radius 2 is 1.69 bits per heavy atom. The average Bonchev–Trinajstić information content (AvgIpc) is 2.63. The first-order valence-corrected chi connectivity index (χ1v) is 9.37. The summed E-state index contributed by atoms with van der Waals surface area (Å²) in [6, 6.07) is 16.6. The first-order chi connectivity index (χ1) is 12.6. The summed E-state index contributed by atoms with van der Waals surface area (Å²) in [4.78, 5) is 25.6. The Balaban J connectivity index is 1.73. The molecule has 0 aromatic heterocycles. The molecule has 4 nitrogen and oxygen atoms in total. The Kier molecular flexibility index (Phi) is 5.94. The van der Waals surface area contributed by atoms with Gasteiger partial charge in [0.1, 0.15) is 5.54 Å². The number of benzene rings is 2. The number of carbonyl (C=O) groups is 2. The van der Waals surface area contributed by atoms with Crippen molar-refractivity contribution in [3.05, 3.63) is 65.2 Å². The molecule has 1 saturated carbocycles. The van der Waals surface area contributed by atoms with E-state index >= 15 is 0 Å². The molecule has 2 aromatic carbocycles. The van der Waals surface area contributed by atoms with E-state index in [-0.39, 0.29) is 18.2 Å². The monoisotopic (exact) mass is 370 g/mol. The van der Waals surface area contributed by atoms with Crippen molar-refractivity contribution >= 4 is 29.1 Å². The topological polar surface area (TPSA) is 58.2 Å². The van der Waals surface area contributed by atoms with Crippen LogP contribution in [0.1, 0.15) is 37.7 Å². The molecule has 0 radical (unpaired) electrons. The Bertz CT molecular complexity index is 771. The van der Waals surface area contributed by atoms with Crippen LogP contribution in [-0.4, -0.2) is 17.4 Å². The number of rotatable bonds is 5. The molecule has 2 N–H and O–H groups in total. The van der Waals surface area contributed by atoms with Crippen LogP contribution in [0.4, 0.5) is 5.69 Å². The van der Waals surface area contributed by atoms with Gasteiger partial charge in [0.15, 0.2) is 0 Å². The van der Waals surface area contributed by atoms with Crippen LogP contribution in [0.15, 0.2) is 54.6 Å². The molecule has 0 heterocycles. The normalized spacial score (nSPS) is 15.9. The molecule has 5 heteroatoms. The van der Waals surface area contributed by atoms with E-state index in [1.54, 1.807) is 24.3 Å². The molecule has 0 atom stereocenters. The van der Waals surface area contributed by atoms with Crippen molar-refractivity contribution in [1.82, 2.24) is 5.32 Å². The lowest BCUT2D eigenvalue weighted by molar-refractivity contribution is -0.131. The smallest absolute Gasteiger partial charge is 0.250 e. The van der Waals surface area contributed by atoms with Gasteiger partial charge in [-0.1, -0.05) is 67.3 Å². The number of hydrogen-bond acceptors (Lipinski definition) is 2. The highest BCUT2D eigenvalue weighted by molar-refractivity contribution is 6.30. The van der Waals surface area contributed by atoms with E-state index < -0.39 is 5.54 Å². The zero-order valence-corrected chi connectivity index (χ0v) is 15.4. The number of halogens is 1. The summed E-state index contributed by atoms with van der Waals surface area (Å²) < 4.78 is 0. The summed E-state index contributed by atoms with van der Waals surface area (Å²) >= 11 is 6.00. The lowest BCUT2D eigenvalue weighted by atomic mass is 9.80. The molecule has 0 unspecified atom stereocenters. The fraction of sp³-hybridized carbons (Fsp3) is 0.333. The van der Waals surface area contributed by atoms with E-state index in [1.807, 2.05) is 30.3 Å². The molecule has 0 spiro atoms. The van der Waals surface area contributed by atoms with Gasteiger partial charge in [-0.25, -0.2) is 0 Å². The highest BCUT2D eigenvalue weighted by Crippen LogP contribution is 2.30. The first-order valence-electron chi connectivity index (χ1n) is 8.99. The summed E-state index contributed by atoms with van der Waals surface area (Å²) in [5.41, 5.74) is 0.725. The molecule has 0 saturated heterocycles. The molecule has 0 bridgehead atoms. The highest BCUT2D eigenvalue weighted by Gasteiger charge is 2.40. The number of anilines is 1. The van der Waals surface area contributed by atoms with E-state index in [4.69, 9.17) is 11.6 Å². The second-order valence-corrected chi connectivity index (χ2v) is 7.25. The predicted octanol–water partition coefficient (Wildman–Crippen LogP) is 4.34. The molecular weight excluding hydrogens is 348 g/mol. The molecule has 1 aliphatic rings. The molecule has 1 fully saturated rings. The van der Waals surface area contributed by atoms with Gasteiger partial charge >= 0.3 is 0 Å². The van der Waals surface area contributed by atoms with Gasteiger partial charge in [-0.3, -0.25) is 9.59 Å². The van der Waals surface area contributed by atoms with Gasteiger partial charge in [-0.15, -0.1) is 0 Å². The zero-order chi connectivity index (χ0) is 18.4. The Morgan fingerprint density at radius 3 is 2.38 bits per heavy atom. The fourth-order valence-corrected chi connectivity index (χ4v) is 3.66. The quantitative estimate of drug-likeness (QED) is 0.822. The maximum absolute atomic E-state index is 13.0. The minimum absolute atomic E-state index is 0.126. The van der Waals surface area contributed by atoms with Crippen molar-refractivity contribution in [1.29, 1.82) is 0 Å². The van der Waals surface area contributed by atoms with Crippen LogP contribution in [0.25, 0.3) is 0 Å². The second kappa shape index (κ2) is 8.37. The molecule has 26 heavy (non-hydrogen) atoms. The third-order valence-corrected chi connectivity index (χ3v) is 5.05. The van der Waals surface area contributed by atoms with Crippen molar-refractivity contribution in [3.63, 3.8) is 0 Å². The third kappa shape index (κ3) is 4.64. The zero-order valence-electron chi connectivity index (χ0n) is 14.6. The number of nitrogens with one attached hydrogen (secondary N) is 2. The Morgan fingerprint density at radius 1 is 0.962 bits per heavy atom. The molecule has 136 valence electrons. The third-order valence-electron chi connectivity index (χ3n) is 4.81. The molecule has 2 amide bonds. The molecule has 3 rings (SSSR count). The Labute approximate surface area is 158 Å². The van der Waals surface area contributed by atoms with Crippen molar-refractivity contribution in [2.75, 3.05) is 5.32 Å². The van der Waals surface area contributed by atoms with Crippen molar-refractivity contribution in [2.24, 2.45) is 0 Å². The standard InChI is InChI=1S/C21H23ClN2O2/c22-17-10-7-11-18(15-17)23-20(26)21(12-5-2-6-13-21)24-19(25)14-16-8-3-1-4-9-16/h1,3-4,7-11,15H,2,5-6,12-14H2,(H,23,26)(H,24,25). The SMILES string of the molecule is O=C(Cc1ccccc1)NC1(C(=O)Nc2cccc(Cl)c2)CCCCC1. The lowest BCUT2D eigenvalue weighted by Crippen LogP contribution is -2.58. The van der Waals surface area contributed by atoms with E-state index in [9.17, 15) is 9.59 Å². The van der Waals surface area contributed by atoms with Gasteiger partial charge in [-0.2, -0.15) is 0 Å². The number of amides is 2. The van der Waals surface area contributed by atoms with E-state index in [2.05, 4.69) is 10.6 Å². The van der Waals surface area contributed by atoms with Gasteiger partial charge in [0.25, 0.3) is 0 Å². The average molecular weight is 371 g/mol. The van der Waals surface area contributed by atoms with Crippen LogP contribution in [0.3, 0.4) is 0 Å². The van der Waals surface area contributed by atoms with Crippen LogP contribution in [-0.2, 0) is 16.0 Å². The number of carbonyl (C=O) groups excluding carboxylic acids is 2. The lowest BCUT2D eigenvalue weighted by Gasteiger charge is -2.36. The summed E-state index contributed by atoms with van der Waals surface area (Å²) in [5, 5.41) is 6.52. The molecular formula is C21H23ClN2O2. The van der Waals surface area contributed by atoms with E-state index in [0.29, 0.717) is 23.6 Å². The van der Waals surface area contributed by atoms with E-state index in [1.165, 1.54) is 0 Å². The summed E-state index contributed by atoms with van der Waals surface area (Å²) in [6.45, 7) is 0. The van der Waals surface area contributed by atoms with E-state index in [0.717, 1.165) is 24.8 Å². The van der Waals surface area contributed by atoms with Crippen LogP contribution in [0, 0.1) is 0 Å². The first kappa shape index (κ1) is 18.5. The minimum atomic E-state index is -0.855. The van der Waals surface area contributed by atoms with Gasteiger partial charge in [0.05, 0.1) is 6.42 Å². The molecule has 1 aliphatic carbocycles. The van der Waals surface area contributed by atoms with Crippen molar-refractivity contribution < 1.29 is 9.59 Å².